The van der Waals surface area contributed by atoms with Gasteiger partial charge in [0.15, 0.2) is 0 Å². The molecule has 0 aromatic rings. The van der Waals surface area contributed by atoms with Crippen molar-refractivity contribution in [3.8, 4) is 0 Å². The Balaban J connectivity index is 2.42. The van der Waals surface area contributed by atoms with E-state index in [4.69, 9.17) is 0 Å². The first-order valence-electron chi connectivity index (χ1n) is 5.47. The summed E-state index contributed by atoms with van der Waals surface area (Å²) in [6.45, 7) is 2.12. The summed E-state index contributed by atoms with van der Waals surface area (Å²) in [5.41, 5.74) is 0. The van der Waals surface area contributed by atoms with Gasteiger partial charge in [0.05, 0.1) is 0 Å². The molecular formula is C10H17F3N2O. The second kappa shape index (κ2) is 5.52. The molecule has 1 atom stereocenters. The molecule has 16 heavy (non-hydrogen) atoms. The smallest absolute Gasteiger partial charge is 0.334 e. The molecule has 6 heteroatoms. The number of carbonyl (C=O) groups excluding carboxylic acids is 1. The first-order chi connectivity index (χ1) is 7.42. The lowest BCUT2D eigenvalue weighted by molar-refractivity contribution is -0.161. The van der Waals surface area contributed by atoms with Gasteiger partial charge in [0.1, 0.15) is 6.54 Å². The summed E-state index contributed by atoms with van der Waals surface area (Å²) < 4.78 is 36.5. The summed E-state index contributed by atoms with van der Waals surface area (Å²) in [5, 5.41) is 3.09. The van der Waals surface area contributed by atoms with Crippen molar-refractivity contribution in [2.75, 3.05) is 26.2 Å². The number of alkyl halides is 3. The molecule has 0 bridgehead atoms. The number of carbonyl (C=O) groups is 1. The molecule has 3 nitrogen and oxygen atoms in total. The molecule has 94 valence electrons. The zero-order valence-corrected chi connectivity index (χ0v) is 9.31. The lowest BCUT2D eigenvalue weighted by Crippen LogP contribution is -2.39. The summed E-state index contributed by atoms with van der Waals surface area (Å²) in [4.78, 5) is 12.5. The number of hydrogen-bond donors (Lipinski definition) is 1. The number of halogens is 3. The van der Waals surface area contributed by atoms with Gasteiger partial charge in [-0.25, -0.2) is 0 Å². The van der Waals surface area contributed by atoms with Gasteiger partial charge in [0.25, 0.3) is 0 Å². The van der Waals surface area contributed by atoms with Gasteiger partial charge in [-0.2, -0.15) is 13.2 Å². The Morgan fingerprint density at radius 1 is 1.50 bits per heavy atom. The summed E-state index contributed by atoms with van der Waals surface area (Å²) in [7, 11) is 0. The topological polar surface area (TPSA) is 32.3 Å². The van der Waals surface area contributed by atoms with Crippen LogP contribution in [0, 0.1) is 5.92 Å². The van der Waals surface area contributed by atoms with Crippen LogP contribution in [-0.4, -0.2) is 43.2 Å². The average molecular weight is 238 g/mol. The van der Waals surface area contributed by atoms with Crippen LogP contribution >= 0.6 is 0 Å². The van der Waals surface area contributed by atoms with E-state index in [0.29, 0.717) is 0 Å². The van der Waals surface area contributed by atoms with Gasteiger partial charge < -0.3 is 10.2 Å². The fourth-order valence-corrected chi connectivity index (χ4v) is 1.86. The third kappa shape index (κ3) is 4.38. The lowest BCUT2D eigenvalue weighted by Gasteiger charge is -2.23. The predicted octanol–water partition coefficient (Wildman–Crippen LogP) is 1.40. The molecule has 0 aliphatic carbocycles. The van der Waals surface area contributed by atoms with Crippen molar-refractivity contribution in [3.05, 3.63) is 0 Å². The van der Waals surface area contributed by atoms with E-state index < -0.39 is 18.6 Å². The van der Waals surface area contributed by atoms with Crippen LogP contribution in [0.2, 0.25) is 0 Å². The minimum absolute atomic E-state index is 0.110. The van der Waals surface area contributed by atoms with Crippen molar-refractivity contribution in [2.24, 2.45) is 5.92 Å². The van der Waals surface area contributed by atoms with E-state index in [9.17, 15) is 18.0 Å². The Hall–Kier alpha value is -0.780. The second-order valence-corrected chi connectivity index (χ2v) is 4.09. The largest absolute Gasteiger partial charge is 0.406 e. The summed E-state index contributed by atoms with van der Waals surface area (Å²) in [5.74, 6) is -0.205. The minimum Gasteiger partial charge on any atom is -0.334 e. The molecule has 1 aliphatic rings. The second-order valence-electron chi connectivity index (χ2n) is 4.09. The lowest BCUT2D eigenvalue weighted by atomic mass is 10.0. The zero-order valence-electron chi connectivity index (χ0n) is 9.31. The van der Waals surface area contributed by atoms with E-state index >= 15 is 0 Å². The van der Waals surface area contributed by atoms with E-state index in [1.54, 1.807) is 6.92 Å². The molecule has 1 aliphatic heterocycles. The Morgan fingerprint density at radius 2 is 2.19 bits per heavy atom. The Kier molecular flexibility index (Phi) is 4.58. The van der Waals surface area contributed by atoms with Crippen molar-refractivity contribution >= 4 is 5.91 Å². The summed E-state index contributed by atoms with van der Waals surface area (Å²) in [6.07, 6.45) is -3.22. The van der Waals surface area contributed by atoms with Gasteiger partial charge in [-0.1, -0.05) is 0 Å². The van der Waals surface area contributed by atoms with Crippen molar-refractivity contribution in [2.45, 2.75) is 25.9 Å². The van der Waals surface area contributed by atoms with Crippen LogP contribution in [0.1, 0.15) is 19.8 Å². The van der Waals surface area contributed by atoms with Crippen LogP contribution < -0.4 is 5.32 Å². The molecule has 1 unspecified atom stereocenters. The zero-order chi connectivity index (χ0) is 12.2. The molecule has 0 radical (unpaired) electrons. The maximum Gasteiger partial charge on any atom is 0.406 e. The van der Waals surface area contributed by atoms with Crippen molar-refractivity contribution in [3.63, 3.8) is 0 Å². The number of nitrogens with zero attached hydrogens (tertiary/aromatic N) is 1. The predicted molar refractivity (Wildman–Crippen MR) is 53.9 cm³/mol. The third-order valence-corrected chi connectivity index (χ3v) is 2.73. The maximum absolute atomic E-state index is 12.2. The van der Waals surface area contributed by atoms with E-state index in [1.807, 2.05) is 0 Å². The Labute approximate surface area is 93.0 Å². The Bertz CT molecular complexity index is 237. The van der Waals surface area contributed by atoms with Gasteiger partial charge >= 0.3 is 6.18 Å². The molecule has 1 rings (SSSR count). The highest BCUT2D eigenvalue weighted by Gasteiger charge is 2.33. The molecule has 0 aromatic carbocycles. The van der Waals surface area contributed by atoms with Crippen LogP contribution in [0.3, 0.4) is 0 Å². The highest BCUT2D eigenvalue weighted by molar-refractivity contribution is 5.76. The van der Waals surface area contributed by atoms with Crippen molar-refractivity contribution < 1.29 is 18.0 Å². The van der Waals surface area contributed by atoms with E-state index in [1.165, 1.54) is 0 Å². The van der Waals surface area contributed by atoms with Crippen molar-refractivity contribution in [1.82, 2.24) is 10.2 Å². The highest BCUT2D eigenvalue weighted by Crippen LogP contribution is 2.19. The number of hydrogen-bond acceptors (Lipinski definition) is 2. The van der Waals surface area contributed by atoms with Crippen LogP contribution in [0.25, 0.3) is 0 Å². The average Bonchev–Trinajstić information content (AvgIpc) is 2.65. The molecule has 0 aromatic heterocycles. The molecular weight excluding hydrogens is 221 g/mol. The molecule has 1 fully saturated rings. The summed E-state index contributed by atoms with van der Waals surface area (Å²) >= 11 is 0. The number of rotatable bonds is 4. The van der Waals surface area contributed by atoms with Gasteiger partial charge in [-0.05, 0) is 32.4 Å². The van der Waals surface area contributed by atoms with E-state index in [0.717, 1.165) is 24.4 Å². The molecule has 0 saturated carbocycles. The molecule has 1 heterocycles. The number of amides is 1. The minimum atomic E-state index is -4.31. The van der Waals surface area contributed by atoms with Crippen LogP contribution in [0.15, 0.2) is 0 Å². The van der Waals surface area contributed by atoms with Gasteiger partial charge in [-0.15, -0.1) is 0 Å². The third-order valence-electron chi connectivity index (χ3n) is 2.73. The molecule has 1 saturated heterocycles. The molecule has 0 spiro atoms. The van der Waals surface area contributed by atoms with E-state index in [2.05, 4.69) is 5.32 Å². The van der Waals surface area contributed by atoms with Crippen LogP contribution in [0.5, 0.6) is 0 Å². The maximum atomic E-state index is 12.2. The fraction of sp³-hybridized carbons (Fsp3) is 0.900. The van der Waals surface area contributed by atoms with Crippen LogP contribution in [0.4, 0.5) is 13.2 Å². The van der Waals surface area contributed by atoms with Gasteiger partial charge in [0, 0.05) is 13.0 Å². The monoisotopic (exact) mass is 238 g/mol. The Morgan fingerprint density at radius 3 is 2.62 bits per heavy atom. The van der Waals surface area contributed by atoms with E-state index in [-0.39, 0.29) is 18.9 Å². The fourth-order valence-electron chi connectivity index (χ4n) is 1.86. The first kappa shape index (κ1) is 13.3. The number of nitrogens with one attached hydrogen (secondary N) is 1. The highest BCUT2D eigenvalue weighted by atomic mass is 19.4. The standard InChI is InChI=1S/C10H17F3N2O/c1-2-15(7-10(11,12)13)9(16)5-8-3-4-14-6-8/h8,14H,2-7H2,1H3. The normalized spacial score (nSPS) is 21.1. The molecule has 1 N–H and O–H groups in total. The summed E-state index contributed by atoms with van der Waals surface area (Å²) in [6, 6.07) is 0. The van der Waals surface area contributed by atoms with Gasteiger partial charge in [0.2, 0.25) is 5.91 Å². The quantitative estimate of drug-likeness (QED) is 0.803. The SMILES string of the molecule is CCN(CC(F)(F)F)C(=O)CC1CCNC1. The van der Waals surface area contributed by atoms with Gasteiger partial charge in [-0.3, -0.25) is 4.79 Å². The molecule has 1 amide bonds. The van der Waals surface area contributed by atoms with Crippen molar-refractivity contribution in [1.29, 1.82) is 0 Å². The van der Waals surface area contributed by atoms with Crippen LogP contribution in [-0.2, 0) is 4.79 Å². The first-order valence-corrected chi connectivity index (χ1v) is 5.47.